The molecule has 3 aromatic rings. The van der Waals surface area contributed by atoms with Crippen molar-refractivity contribution in [3.05, 3.63) is 66.7 Å². The average molecular weight is 503 g/mol. The minimum Gasteiger partial charge on any atom is -0.490 e. The second-order valence-corrected chi connectivity index (χ2v) is 9.81. The van der Waals surface area contributed by atoms with Crippen LogP contribution < -0.4 is 20.3 Å². The molecule has 1 aliphatic heterocycles. The van der Waals surface area contributed by atoms with Gasteiger partial charge in [-0.1, -0.05) is 0 Å². The van der Waals surface area contributed by atoms with Gasteiger partial charge in [0.05, 0.1) is 30.6 Å². The number of hydrogen-bond acceptors (Lipinski definition) is 5. The summed E-state index contributed by atoms with van der Waals surface area (Å²) in [5, 5.41) is 5.75. The first-order valence-electron chi connectivity index (χ1n) is 13.0. The van der Waals surface area contributed by atoms with Crippen LogP contribution >= 0.6 is 0 Å². The van der Waals surface area contributed by atoms with Crippen molar-refractivity contribution in [1.29, 1.82) is 0 Å². The lowest BCUT2D eigenvalue weighted by Gasteiger charge is -2.25. The first kappa shape index (κ1) is 24.7. The second-order valence-electron chi connectivity index (χ2n) is 9.81. The monoisotopic (exact) mass is 502 g/mol. The number of anilines is 3. The van der Waals surface area contributed by atoms with Gasteiger partial charge >= 0.3 is 6.03 Å². The number of likely N-dealkylation sites (N-methyl/N-ethyl adjacent to an activating group) is 1. The van der Waals surface area contributed by atoms with Crippen molar-refractivity contribution in [2.75, 3.05) is 35.7 Å². The van der Waals surface area contributed by atoms with Gasteiger partial charge in [0.25, 0.3) is 0 Å². The molecule has 5 rings (SSSR count). The van der Waals surface area contributed by atoms with E-state index in [4.69, 9.17) is 4.74 Å². The fourth-order valence-electron chi connectivity index (χ4n) is 5.03. The molecule has 1 saturated carbocycles. The summed E-state index contributed by atoms with van der Waals surface area (Å²) in [5.74, 6) is 0.909. The molecule has 194 valence electrons. The normalized spacial score (nSPS) is 17.5. The number of hydrogen-bond donors (Lipinski definition) is 3. The smallest absolute Gasteiger partial charge is 0.323 e. The summed E-state index contributed by atoms with van der Waals surface area (Å²) in [6, 6.07) is 15.2. The zero-order valence-corrected chi connectivity index (χ0v) is 21.2. The summed E-state index contributed by atoms with van der Waals surface area (Å²) in [5.41, 5.74) is 3.25. The molecule has 0 spiro atoms. The zero-order valence-electron chi connectivity index (χ0n) is 21.2. The number of benzene rings is 2. The van der Waals surface area contributed by atoms with E-state index in [1.54, 1.807) is 12.5 Å². The minimum atomic E-state index is -0.296. The van der Waals surface area contributed by atoms with E-state index in [1.807, 2.05) is 60.5 Å². The molecule has 3 amide bonds. The summed E-state index contributed by atoms with van der Waals surface area (Å²) >= 11 is 0. The van der Waals surface area contributed by atoms with Crippen LogP contribution in [0.5, 0.6) is 5.75 Å². The molecule has 37 heavy (non-hydrogen) atoms. The Labute approximate surface area is 217 Å². The van der Waals surface area contributed by atoms with E-state index in [-0.39, 0.29) is 18.0 Å². The Morgan fingerprint density at radius 1 is 1.03 bits per heavy atom. The number of carbonyl (C=O) groups excluding carboxylic acids is 2. The van der Waals surface area contributed by atoms with Gasteiger partial charge in [0.2, 0.25) is 5.91 Å². The molecule has 2 aliphatic rings. The van der Waals surface area contributed by atoms with E-state index < -0.39 is 0 Å². The lowest BCUT2D eigenvalue weighted by Crippen LogP contribution is -2.39. The van der Waals surface area contributed by atoms with Crippen molar-refractivity contribution in [2.24, 2.45) is 0 Å². The molecule has 3 N–H and O–H groups in total. The van der Waals surface area contributed by atoms with Gasteiger partial charge in [0.1, 0.15) is 5.75 Å². The van der Waals surface area contributed by atoms with Gasteiger partial charge in [-0.05, 0) is 80.6 Å². The molecule has 2 fully saturated rings. The number of imidazole rings is 1. The fourth-order valence-corrected chi connectivity index (χ4v) is 5.03. The summed E-state index contributed by atoms with van der Waals surface area (Å²) in [6.45, 7) is 1.65. The standard InChI is InChI=1S/C28H34N6O3/c1-33(27(35)16-22-17-29-19-30-22)24-14-15-34(18-24)23-10-6-20(7-11-23)31-28(36)32-21-8-12-26(13-9-21)37-25-4-2-3-5-25/h6-13,17,19,24-25H,2-5,14-16,18H2,1H3,(H,29,30)(H2,31,32,36). The summed E-state index contributed by atoms with van der Waals surface area (Å²) < 4.78 is 5.98. The molecule has 1 aliphatic carbocycles. The Morgan fingerprint density at radius 3 is 2.35 bits per heavy atom. The number of nitrogens with zero attached hydrogens (tertiary/aromatic N) is 3. The van der Waals surface area contributed by atoms with Crippen molar-refractivity contribution in [1.82, 2.24) is 14.9 Å². The Hall–Kier alpha value is -4.01. The van der Waals surface area contributed by atoms with Gasteiger partial charge in [-0.25, -0.2) is 9.78 Å². The van der Waals surface area contributed by atoms with Gasteiger partial charge in [-0.15, -0.1) is 0 Å². The topological polar surface area (TPSA) is 103 Å². The van der Waals surface area contributed by atoms with Crippen molar-refractivity contribution in [2.45, 2.75) is 50.7 Å². The molecular formula is C28H34N6O3. The second kappa shape index (κ2) is 11.4. The maximum Gasteiger partial charge on any atom is 0.323 e. The number of ether oxygens (including phenoxy) is 1. The first-order chi connectivity index (χ1) is 18.0. The molecule has 2 aromatic carbocycles. The van der Waals surface area contributed by atoms with Gasteiger partial charge < -0.3 is 30.2 Å². The lowest BCUT2D eigenvalue weighted by atomic mass is 10.2. The van der Waals surface area contributed by atoms with Gasteiger partial charge in [-0.2, -0.15) is 0 Å². The summed E-state index contributed by atoms with van der Waals surface area (Å²) in [4.78, 5) is 36.2. The van der Waals surface area contributed by atoms with Crippen LogP contribution in [0.25, 0.3) is 0 Å². The molecule has 0 radical (unpaired) electrons. The van der Waals surface area contributed by atoms with Crippen molar-refractivity contribution < 1.29 is 14.3 Å². The third-order valence-electron chi connectivity index (χ3n) is 7.20. The van der Waals surface area contributed by atoms with E-state index in [2.05, 4.69) is 25.5 Å². The molecule has 1 atom stereocenters. The lowest BCUT2D eigenvalue weighted by molar-refractivity contribution is -0.130. The Kier molecular flexibility index (Phi) is 7.58. The van der Waals surface area contributed by atoms with E-state index in [0.29, 0.717) is 23.9 Å². The SMILES string of the molecule is CN(C(=O)Cc1c[nH]cn1)C1CCN(c2ccc(NC(=O)Nc3ccc(OC4CCCC4)cc3)cc2)C1. The number of rotatable bonds is 8. The van der Waals surface area contributed by atoms with Crippen molar-refractivity contribution >= 4 is 29.0 Å². The number of amides is 3. The van der Waals surface area contributed by atoms with Crippen LogP contribution in [-0.2, 0) is 11.2 Å². The quantitative estimate of drug-likeness (QED) is 0.416. The highest BCUT2D eigenvalue weighted by atomic mass is 16.5. The predicted octanol–water partition coefficient (Wildman–Crippen LogP) is 4.65. The Balaban J connectivity index is 1.08. The van der Waals surface area contributed by atoms with Crippen LogP contribution in [0.2, 0.25) is 0 Å². The number of aromatic amines is 1. The highest BCUT2D eigenvalue weighted by molar-refractivity contribution is 5.99. The zero-order chi connectivity index (χ0) is 25.6. The highest BCUT2D eigenvalue weighted by Gasteiger charge is 2.28. The summed E-state index contributed by atoms with van der Waals surface area (Å²) in [6.07, 6.45) is 9.56. The van der Waals surface area contributed by atoms with Gasteiger partial charge in [0.15, 0.2) is 0 Å². The number of nitrogens with one attached hydrogen (secondary N) is 3. The van der Waals surface area contributed by atoms with Gasteiger partial charge in [-0.3, -0.25) is 4.79 Å². The molecule has 1 saturated heterocycles. The Morgan fingerprint density at radius 2 is 1.70 bits per heavy atom. The maximum atomic E-state index is 12.6. The van der Waals surface area contributed by atoms with Crippen LogP contribution in [0.4, 0.5) is 21.9 Å². The first-order valence-corrected chi connectivity index (χ1v) is 13.0. The number of carbonyl (C=O) groups is 2. The van der Waals surface area contributed by atoms with E-state index in [0.717, 1.165) is 49.5 Å². The molecule has 1 unspecified atom stereocenters. The number of aromatic nitrogens is 2. The van der Waals surface area contributed by atoms with E-state index in [1.165, 1.54) is 12.8 Å². The van der Waals surface area contributed by atoms with Crippen LogP contribution in [0.1, 0.15) is 37.8 Å². The summed E-state index contributed by atoms with van der Waals surface area (Å²) in [7, 11) is 1.87. The largest absolute Gasteiger partial charge is 0.490 e. The van der Waals surface area contributed by atoms with Gasteiger partial charge in [0, 0.05) is 43.4 Å². The van der Waals surface area contributed by atoms with Crippen LogP contribution in [0.3, 0.4) is 0 Å². The molecule has 2 heterocycles. The molecule has 0 bridgehead atoms. The van der Waals surface area contributed by atoms with Crippen LogP contribution in [0, 0.1) is 0 Å². The highest BCUT2D eigenvalue weighted by Crippen LogP contribution is 2.26. The van der Waals surface area contributed by atoms with Crippen LogP contribution in [0.15, 0.2) is 61.1 Å². The third-order valence-corrected chi connectivity index (χ3v) is 7.20. The minimum absolute atomic E-state index is 0.0699. The average Bonchev–Trinajstić information content (AvgIpc) is 3.69. The van der Waals surface area contributed by atoms with E-state index in [9.17, 15) is 9.59 Å². The Bertz CT molecular complexity index is 1170. The molecular weight excluding hydrogens is 468 g/mol. The van der Waals surface area contributed by atoms with Crippen molar-refractivity contribution in [3.63, 3.8) is 0 Å². The molecule has 9 nitrogen and oxygen atoms in total. The number of H-pyrrole nitrogens is 1. The van der Waals surface area contributed by atoms with E-state index >= 15 is 0 Å². The molecule has 9 heteroatoms. The van der Waals surface area contributed by atoms with Crippen LogP contribution in [-0.4, -0.2) is 59.1 Å². The van der Waals surface area contributed by atoms with Crippen molar-refractivity contribution in [3.8, 4) is 5.75 Å². The maximum absolute atomic E-state index is 12.6. The third kappa shape index (κ3) is 6.41. The number of urea groups is 1. The fraction of sp³-hybridized carbons (Fsp3) is 0.393. The predicted molar refractivity (Wildman–Crippen MR) is 144 cm³/mol. The molecule has 1 aromatic heterocycles.